The van der Waals surface area contributed by atoms with Crippen LogP contribution in [0.2, 0.25) is 0 Å². The zero-order valence-corrected chi connectivity index (χ0v) is 10.9. The number of fused-ring (bicyclic) bond motifs is 1. The SMILES string of the molecule is CC(C)OC(=O)Cn1c(=O)oc2cc([N+](=O)[O-])ccc21. The van der Waals surface area contributed by atoms with Crippen molar-refractivity contribution in [1.82, 2.24) is 4.57 Å². The molecular weight excluding hydrogens is 268 g/mol. The summed E-state index contributed by atoms with van der Waals surface area (Å²) in [6.07, 6.45) is -0.294. The van der Waals surface area contributed by atoms with Gasteiger partial charge in [-0.1, -0.05) is 0 Å². The number of carbonyl (C=O) groups is 1. The molecule has 8 nitrogen and oxygen atoms in total. The van der Waals surface area contributed by atoms with Crippen LogP contribution < -0.4 is 5.76 Å². The predicted molar refractivity (Wildman–Crippen MR) is 68.4 cm³/mol. The second-order valence-electron chi connectivity index (χ2n) is 4.40. The average Bonchev–Trinajstić information content (AvgIpc) is 2.64. The molecule has 2 aromatic rings. The summed E-state index contributed by atoms with van der Waals surface area (Å²) in [6.45, 7) is 3.08. The first-order chi connectivity index (χ1) is 9.38. The molecule has 0 aliphatic carbocycles. The van der Waals surface area contributed by atoms with Crippen molar-refractivity contribution in [3.63, 3.8) is 0 Å². The summed E-state index contributed by atoms with van der Waals surface area (Å²) in [5.74, 6) is -1.34. The molecule has 0 N–H and O–H groups in total. The number of nitro groups is 1. The minimum absolute atomic E-state index is 0.0570. The maximum atomic E-state index is 11.7. The summed E-state index contributed by atoms with van der Waals surface area (Å²) in [7, 11) is 0. The van der Waals surface area contributed by atoms with Gasteiger partial charge in [0, 0.05) is 6.07 Å². The van der Waals surface area contributed by atoms with Crippen LogP contribution in [0.5, 0.6) is 0 Å². The van der Waals surface area contributed by atoms with E-state index in [1.165, 1.54) is 12.1 Å². The number of nitrogens with zero attached hydrogens (tertiary/aromatic N) is 2. The Morgan fingerprint density at radius 1 is 1.50 bits per heavy atom. The lowest BCUT2D eigenvalue weighted by Crippen LogP contribution is -2.23. The molecule has 0 aliphatic rings. The van der Waals surface area contributed by atoms with Crippen LogP contribution in [0.3, 0.4) is 0 Å². The van der Waals surface area contributed by atoms with E-state index >= 15 is 0 Å². The standard InChI is InChI=1S/C12H12N2O6/c1-7(2)19-11(15)6-13-9-4-3-8(14(17)18)5-10(9)20-12(13)16/h3-5,7H,6H2,1-2H3. The predicted octanol–water partition coefficient (Wildman–Crippen LogP) is 1.45. The molecule has 0 radical (unpaired) electrons. The first-order valence-electron chi connectivity index (χ1n) is 5.85. The van der Waals surface area contributed by atoms with Gasteiger partial charge in [-0.25, -0.2) is 4.79 Å². The number of rotatable bonds is 4. The van der Waals surface area contributed by atoms with E-state index in [-0.39, 0.29) is 23.9 Å². The molecule has 0 saturated carbocycles. The van der Waals surface area contributed by atoms with Gasteiger partial charge < -0.3 is 9.15 Å². The van der Waals surface area contributed by atoms with Crippen LogP contribution in [0.15, 0.2) is 27.4 Å². The molecule has 0 aliphatic heterocycles. The van der Waals surface area contributed by atoms with Gasteiger partial charge in [-0.05, 0) is 19.9 Å². The fraction of sp³-hybridized carbons (Fsp3) is 0.333. The molecule has 0 fully saturated rings. The molecule has 8 heteroatoms. The van der Waals surface area contributed by atoms with E-state index in [9.17, 15) is 19.7 Å². The molecule has 0 amide bonds. The van der Waals surface area contributed by atoms with Crippen LogP contribution >= 0.6 is 0 Å². The van der Waals surface area contributed by atoms with Gasteiger partial charge in [-0.2, -0.15) is 0 Å². The van der Waals surface area contributed by atoms with Gasteiger partial charge in [0.2, 0.25) is 0 Å². The Morgan fingerprint density at radius 3 is 2.80 bits per heavy atom. The summed E-state index contributed by atoms with van der Waals surface area (Å²) >= 11 is 0. The molecule has 0 spiro atoms. The molecule has 0 saturated heterocycles. The number of non-ortho nitro benzene ring substituents is 1. The van der Waals surface area contributed by atoms with Crippen molar-refractivity contribution < 1.29 is 18.9 Å². The number of benzene rings is 1. The lowest BCUT2D eigenvalue weighted by Gasteiger charge is -2.07. The van der Waals surface area contributed by atoms with Crippen molar-refractivity contribution in [3.8, 4) is 0 Å². The van der Waals surface area contributed by atoms with E-state index in [1.807, 2.05) is 0 Å². The van der Waals surface area contributed by atoms with E-state index < -0.39 is 16.6 Å². The smallest absolute Gasteiger partial charge is 0.420 e. The Balaban J connectivity index is 2.39. The van der Waals surface area contributed by atoms with E-state index in [1.54, 1.807) is 13.8 Å². The van der Waals surface area contributed by atoms with Crippen molar-refractivity contribution in [2.24, 2.45) is 0 Å². The first-order valence-corrected chi connectivity index (χ1v) is 5.85. The number of ether oxygens (including phenoxy) is 1. The second kappa shape index (κ2) is 5.16. The van der Waals surface area contributed by atoms with Crippen LogP contribution in [-0.2, 0) is 16.1 Å². The van der Waals surface area contributed by atoms with Crippen molar-refractivity contribution in [2.75, 3.05) is 0 Å². The molecular formula is C12H12N2O6. The van der Waals surface area contributed by atoms with Gasteiger partial charge in [-0.3, -0.25) is 19.5 Å². The minimum atomic E-state index is -0.763. The summed E-state index contributed by atoms with van der Waals surface area (Å²) in [6, 6.07) is 3.74. The van der Waals surface area contributed by atoms with Crippen LogP contribution in [0, 0.1) is 10.1 Å². The molecule has 106 valence electrons. The van der Waals surface area contributed by atoms with Crippen LogP contribution in [0.25, 0.3) is 11.1 Å². The van der Waals surface area contributed by atoms with E-state index in [0.29, 0.717) is 5.52 Å². The molecule has 1 aromatic heterocycles. The Kier molecular flexibility index (Phi) is 3.55. The van der Waals surface area contributed by atoms with Gasteiger partial charge in [0.1, 0.15) is 6.54 Å². The number of esters is 1. The van der Waals surface area contributed by atoms with Crippen LogP contribution in [-0.4, -0.2) is 21.6 Å². The molecule has 0 atom stereocenters. The lowest BCUT2D eigenvalue weighted by molar-refractivity contribution is -0.384. The highest BCUT2D eigenvalue weighted by molar-refractivity contribution is 5.78. The summed E-state index contributed by atoms with van der Waals surface area (Å²) < 4.78 is 10.9. The van der Waals surface area contributed by atoms with Gasteiger partial charge in [-0.15, -0.1) is 0 Å². The largest absolute Gasteiger partial charge is 0.462 e. The van der Waals surface area contributed by atoms with Crippen LogP contribution in [0.4, 0.5) is 5.69 Å². The van der Waals surface area contributed by atoms with Gasteiger partial charge in [0.05, 0.1) is 22.6 Å². The van der Waals surface area contributed by atoms with Gasteiger partial charge >= 0.3 is 11.7 Å². The number of aromatic nitrogens is 1. The van der Waals surface area contributed by atoms with Crippen molar-refractivity contribution in [3.05, 3.63) is 38.9 Å². The summed E-state index contributed by atoms with van der Waals surface area (Å²) in [5.41, 5.74) is 0.172. The van der Waals surface area contributed by atoms with E-state index in [2.05, 4.69) is 0 Å². The summed E-state index contributed by atoms with van der Waals surface area (Å²) in [5, 5.41) is 10.6. The van der Waals surface area contributed by atoms with Gasteiger partial charge in [0.15, 0.2) is 5.58 Å². The first kappa shape index (κ1) is 13.8. The highest BCUT2D eigenvalue weighted by Gasteiger charge is 2.17. The topological polar surface area (TPSA) is 105 Å². The van der Waals surface area contributed by atoms with Gasteiger partial charge in [0.25, 0.3) is 5.69 Å². The number of nitro benzene ring substituents is 1. The van der Waals surface area contributed by atoms with Crippen molar-refractivity contribution in [1.29, 1.82) is 0 Å². The molecule has 1 aromatic carbocycles. The Bertz CT molecular complexity index is 727. The normalized spacial score (nSPS) is 10.9. The molecule has 2 rings (SSSR count). The third-order valence-electron chi connectivity index (χ3n) is 2.52. The summed E-state index contributed by atoms with van der Waals surface area (Å²) in [4.78, 5) is 33.3. The van der Waals surface area contributed by atoms with Crippen LogP contribution in [0.1, 0.15) is 13.8 Å². The van der Waals surface area contributed by atoms with E-state index in [4.69, 9.17) is 9.15 Å². The third-order valence-corrected chi connectivity index (χ3v) is 2.52. The number of hydrogen-bond donors (Lipinski definition) is 0. The monoisotopic (exact) mass is 280 g/mol. The molecule has 0 bridgehead atoms. The quantitative estimate of drug-likeness (QED) is 0.477. The Hall–Kier alpha value is -2.64. The number of hydrogen-bond acceptors (Lipinski definition) is 6. The molecule has 20 heavy (non-hydrogen) atoms. The number of carbonyl (C=O) groups excluding carboxylic acids is 1. The molecule has 1 heterocycles. The zero-order valence-electron chi connectivity index (χ0n) is 10.9. The van der Waals surface area contributed by atoms with Crippen molar-refractivity contribution >= 4 is 22.8 Å². The van der Waals surface area contributed by atoms with Crippen molar-refractivity contribution in [2.45, 2.75) is 26.5 Å². The fourth-order valence-electron chi connectivity index (χ4n) is 1.75. The lowest BCUT2D eigenvalue weighted by atomic mass is 10.3. The number of oxazole rings is 1. The maximum Gasteiger partial charge on any atom is 0.420 e. The second-order valence-corrected chi connectivity index (χ2v) is 4.40. The third kappa shape index (κ3) is 2.68. The zero-order chi connectivity index (χ0) is 14.9. The Morgan fingerprint density at radius 2 is 2.20 bits per heavy atom. The highest BCUT2D eigenvalue weighted by atomic mass is 16.6. The highest BCUT2D eigenvalue weighted by Crippen LogP contribution is 2.20. The Labute approximate surface area is 112 Å². The average molecular weight is 280 g/mol. The van der Waals surface area contributed by atoms with E-state index in [0.717, 1.165) is 10.6 Å². The maximum absolute atomic E-state index is 11.7. The fourth-order valence-corrected chi connectivity index (χ4v) is 1.75. The minimum Gasteiger partial charge on any atom is -0.462 e. The molecule has 0 unspecified atom stereocenters.